The van der Waals surface area contributed by atoms with Crippen LogP contribution in [-0.4, -0.2) is 19.9 Å². The molecule has 0 aliphatic rings. The van der Waals surface area contributed by atoms with Crippen molar-refractivity contribution in [3.8, 4) is 22.5 Å². The molecule has 3 heterocycles. The number of benzene rings is 2. The highest BCUT2D eigenvalue weighted by Crippen LogP contribution is 2.36. The number of aromatic nitrogens is 4. The first-order chi connectivity index (χ1) is 13.6. The fourth-order valence-electron chi connectivity index (χ4n) is 3.22. The number of thiazole rings is 1. The molecule has 0 saturated carbocycles. The maximum atomic E-state index is 12.3. The normalized spacial score (nSPS) is 11.4. The second-order valence-corrected chi connectivity index (χ2v) is 8.01. The fraction of sp³-hybridized carbons (Fsp3) is 0.0476. The van der Waals surface area contributed by atoms with Gasteiger partial charge in [-0.25, -0.2) is 15.0 Å². The summed E-state index contributed by atoms with van der Waals surface area (Å²) >= 11 is 8.07. The molecule has 2 aromatic carbocycles. The third-order valence-electron chi connectivity index (χ3n) is 4.46. The molecule has 0 unspecified atom stereocenters. The monoisotopic (exact) mass is 404 g/mol. The van der Waals surface area contributed by atoms with Gasteiger partial charge < -0.3 is 4.98 Å². The number of H-pyrrole nitrogens is 1. The summed E-state index contributed by atoms with van der Waals surface area (Å²) in [5, 5.41) is 1.50. The summed E-state index contributed by atoms with van der Waals surface area (Å²) in [4.78, 5) is 29.3. The van der Waals surface area contributed by atoms with E-state index in [2.05, 4.69) is 9.97 Å². The van der Waals surface area contributed by atoms with Crippen LogP contribution in [0.2, 0.25) is 5.02 Å². The Hall–Kier alpha value is -3.09. The topological polar surface area (TPSA) is 71.5 Å². The summed E-state index contributed by atoms with van der Waals surface area (Å²) < 4.78 is 0.975. The van der Waals surface area contributed by atoms with E-state index in [1.165, 1.54) is 6.07 Å². The van der Waals surface area contributed by atoms with Crippen LogP contribution in [0, 0.1) is 6.92 Å². The molecular weight excluding hydrogens is 392 g/mol. The van der Waals surface area contributed by atoms with E-state index >= 15 is 0 Å². The number of nitrogens with one attached hydrogen (secondary N) is 1. The molecule has 1 N–H and O–H groups in total. The summed E-state index contributed by atoms with van der Waals surface area (Å²) in [6.45, 7) is 1.95. The SMILES string of the molecule is Cc1nc2c(Cl)cc(-c3nc4c(=O)cc[nH]c4nc3-c3ccccc3)cc2s1. The zero-order chi connectivity index (χ0) is 19.3. The first kappa shape index (κ1) is 17.0. The predicted octanol–water partition coefficient (Wildman–Crippen LogP) is 5.22. The molecule has 136 valence electrons. The van der Waals surface area contributed by atoms with Crippen molar-refractivity contribution in [2.45, 2.75) is 6.92 Å². The highest BCUT2D eigenvalue weighted by molar-refractivity contribution is 7.18. The second kappa shape index (κ2) is 6.51. The van der Waals surface area contributed by atoms with Gasteiger partial charge in [0.05, 0.1) is 26.1 Å². The lowest BCUT2D eigenvalue weighted by molar-refractivity contribution is 1.22. The Morgan fingerprint density at radius 1 is 0.929 bits per heavy atom. The summed E-state index contributed by atoms with van der Waals surface area (Å²) in [6.07, 6.45) is 1.58. The van der Waals surface area contributed by atoms with Crippen molar-refractivity contribution < 1.29 is 0 Å². The van der Waals surface area contributed by atoms with Crippen molar-refractivity contribution in [2.75, 3.05) is 0 Å². The second-order valence-electron chi connectivity index (χ2n) is 6.36. The van der Waals surface area contributed by atoms with Crippen molar-refractivity contribution in [1.29, 1.82) is 0 Å². The van der Waals surface area contributed by atoms with E-state index in [1.54, 1.807) is 17.5 Å². The van der Waals surface area contributed by atoms with Crippen molar-refractivity contribution in [3.05, 3.63) is 75.0 Å². The number of halogens is 1. The van der Waals surface area contributed by atoms with Crippen LogP contribution >= 0.6 is 22.9 Å². The Kier molecular flexibility index (Phi) is 3.96. The zero-order valence-electron chi connectivity index (χ0n) is 14.7. The Bertz CT molecular complexity index is 1410. The summed E-state index contributed by atoms with van der Waals surface area (Å²) in [6, 6.07) is 15.1. The molecule has 7 heteroatoms. The number of aryl methyl sites for hydroxylation is 1. The van der Waals surface area contributed by atoms with E-state index in [0.29, 0.717) is 27.6 Å². The first-order valence-corrected chi connectivity index (χ1v) is 9.81. The van der Waals surface area contributed by atoms with Crippen molar-refractivity contribution in [1.82, 2.24) is 19.9 Å². The van der Waals surface area contributed by atoms with Gasteiger partial charge in [-0.1, -0.05) is 41.9 Å². The Morgan fingerprint density at radius 2 is 1.71 bits per heavy atom. The molecule has 0 aliphatic heterocycles. The quantitative estimate of drug-likeness (QED) is 0.437. The van der Waals surface area contributed by atoms with E-state index < -0.39 is 0 Å². The molecule has 5 aromatic rings. The minimum absolute atomic E-state index is 0.178. The molecule has 0 radical (unpaired) electrons. The standard InChI is InChI=1S/C21H13ClN4OS/c1-11-24-19-14(22)9-13(10-16(19)28-11)18-17(12-5-3-2-4-6-12)26-21-20(25-18)15(27)7-8-23-21/h2-10H,1H3,(H,23,26,27). The lowest BCUT2D eigenvalue weighted by atomic mass is 10.0. The third-order valence-corrected chi connectivity index (χ3v) is 5.67. The van der Waals surface area contributed by atoms with Gasteiger partial charge >= 0.3 is 0 Å². The van der Waals surface area contributed by atoms with Gasteiger partial charge in [0.25, 0.3) is 0 Å². The Morgan fingerprint density at radius 3 is 2.54 bits per heavy atom. The summed E-state index contributed by atoms with van der Waals surface area (Å²) in [7, 11) is 0. The van der Waals surface area contributed by atoms with Crippen molar-refractivity contribution in [3.63, 3.8) is 0 Å². The maximum Gasteiger partial charge on any atom is 0.209 e. The molecule has 28 heavy (non-hydrogen) atoms. The Labute approximate surface area is 168 Å². The van der Waals surface area contributed by atoms with E-state index in [1.807, 2.05) is 49.4 Å². The average molecular weight is 405 g/mol. The van der Waals surface area contributed by atoms with Crippen LogP contribution in [0.4, 0.5) is 0 Å². The third kappa shape index (κ3) is 2.78. The highest BCUT2D eigenvalue weighted by atomic mass is 35.5. The van der Waals surface area contributed by atoms with Gasteiger partial charge in [-0.15, -0.1) is 11.3 Å². The van der Waals surface area contributed by atoms with Crippen LogP contribution in [0.25, 0.3) is 43.9 Å². The van der Waals surface area contributed by atoms with E-state index in [-0.39, 0.29) is 5.43 Å². The van der Waals surface area contributed by atoms with Crippen molar-refractivity contribution in [2.24, 2.45) is 0 Å². The van der Waals surface area contributed by atoms with E-state index in [9.17, 15) is 4.79 Å². The zero-order valence-corrected chi connectivity index (χ0v) is 16.3. The van der Waals surface area contributed by atoms with Gasteiger partial charge in [0.15, 0.2) is 11.2 Å². The Balaban J connectivity index is 1.87. The van der Waals surface area contributed by atoms with Gasteiger partial charge in [0, 0.05) is 23.4 Å². The van der Waals surface area contributed by atoms with Crippen molar-refractivity contribution >= 4 is 44.3 Å². The van der Waals surface area contributed by atoms with Gasteiger partial charge in [0.2, 0.25) is 5.43 Å². The molecule has 0 fully saturated rings. The number of aromatic amines is 1. The minimum atomic E-state index is -0.178. The van der Waals surface area contributed by atoms with Crippen LogP contribution < -0.4 is 5.43 Å². The van der Waals surface area contributed by atoms with Gasteiger partial charge in [-0.2, -0.15) is 0 Å². The van der Waals surface area contributed by atoms with Crippen LogP contribution in [0.15, 0.2) is 59.5 Å². The maximum absolute atomic E-state index is 12.3. The molecular formula is C21H13ClN4OS. The van der Waals surface area contributed by atoms with Gasteiger partial charge in [0.1, 0.15) is 5.52 Å². The molecule has 5 nitrogen and oxygen atoms in total. The van der Waals surface area contributed by atoms with E-state index in [0.717, 1.165) is 26.4 Å². The van der Waals surface area contributed by atoms with Crippen LogP contribution in [0.5, 0.6) is 0 Å². The summed E-state index contributed by atoms with van der Waals surface area (Å²) in [5.41, 5.74) is 4.37. The number of fused-ring (bicyclic) bond motifs is 2. The van der Waals surface area contributed by atoms with Gasteiger partial charge in [-0.3, -0.25) is 4.79 Å². The molecule has 0 saturated heterocycles. The minimum Gasteiger partial charge on any atom is -0.345 e. The predicted molar refractivity (Wildman–Crippen MR) is 114 cm³/mol. The highest BCUT2D eigenvalue weighted by Gasteiger charge is 2.17. The molecule has 0 bridgehead atoms. The average Bonchev–Trinajstić information content (AvgIpc) is 3.09. The fourth-order valence-corrected chi connectivity index (χ4v) is 4.43. The van der Waals surface area contributed by atoms with E-state index in [4.69, 9.17) is 21.6 Å². The number of rotatable bonds is 2. The lowest BCUT2D eigenvalue weighted by Crippen LogP contribution is -2.06. The molecule has 0 aliphatic carbocycles. The summed E-state index contributed by atoms with van der Waals surface area (Å²) in [5.74, 6) is 0. The molecule has 5 rings (SSSR count). The lowest BCUT2D eigenvalue weighted by Gasteiger charge is -2.10. The number of hydrogen-bond donors (Lipinski definition) is 1. The van der Waals surface area contributed by atoms with Crippen LogP contribution in [-0.2, 0) is 0 Å². The van der Waals surface area contributed by atoms with Crippen LogP contribution in [0.3, 0.4) is 0 Å². The number of nitrogens with zero attached hydrogens (tertiary/aromatic N) is 3. The first-order valence-electron chi connectivity index (χ1n) is 8.62. The number of hydrogen-bond acceptors (Lipinski definition) is 5. The smallest absolute Gasteiger partial charge is 0.209 e. The largest absolute Gasteiger partial charge is 0.345 e. The number of pyridine rings is 1. The molecule has 0 spiro atoms. The molecule has 3 aromatic heterocycles. The van der Waals surface area contributed by atoms with Crippen LogP contribution in [0.1, 0.15) is 5.01 Å². The molecule has 0 atom stereocenters. The molecule has 0 amide bonds. The van der Waals surface area contributed by atoms with Gasteiger partial charge in [-0.05, 0) is 19.1 Å².